The normalized spacial score (nSPS) is 18.2. The molecule has 0 N–H and O–H groups in total. The first kappa shape index (κ1) is 19.4. The van der Waals surface area contributed by atoms with Crippen LogP contribution in [0.15, 0.2) is 48.2 Å². The second-order valence-electron chi connectivity index (χ2n) is 8.09. The highest BCUT2D eigenvalue weighted by atomic mass is 19.1. The fourth-order valence-electron chi connectivity index (χ4n) is 4.05. The molecule has 4 rings (SSSR count). The van der Waals surface area contributed by atoms with Crippen LogP contribution < -0.4 is 4.90 Å². The van der Waals surface area contributed by atoms with Crippen molar-refractivity contribution in [1.82, 2.24) is 4.90 Å². The molecule has 0 unspecified atom stereocenters. The number of aryl methyl sites for hydroxylation is 2. The lowest BCUT2D eigenvalue weighted by Crippen LogP contribution is -2.38. The van der Waals surface area contributed by atoms with E-state index in [1.54, 1.807) is 12.1 Å². The predicted molar refractivity (Wildman–Crippen MR) is 112 cm³/mol. The highest BCUT2D eigenvalue weighted by Crippen LogP contribution is 2.37. The Labute approximate surface area is 170 Å². The van der Waals surface area contributed by atoms with Crippen LogP contribution in [0.1, 0.15) is 36.5 Å². The Bertz CT molecular complexity index is 1020. The van der Waals surface area contributed by atoms with Crippen molar-refractivity contribution in [3.8, 4) is 0 Å². The van der Waals surface area contributed by atoms with Crippen molar-refractivity contribution in [2.24, 2.45) is 5.92 Å². The number of halogens is 1. The van der Waals surface area contributed by atoms with Gasteiger partial charge in [0.25, 0.3) is 11.8 Å². The molecule has 0 bridgehead atoms. The molecule has 4 nitrogen and oxygen atoms in total. The lowest BCUT2D eigenvalue weighted by Gasteiger charge is -2.32. The third-order valence-electron chi connectivity index (χ3n) is 6.05. The van der Waals surface area contributed by atoms with Crippen molar-refractivity contribution >= 4 is 23.1 Å². The van der Waals surface area contributed by atoms with Crippen molar-refractivity contribution in [2.75, 3.05) is 18.0 Å². The van der Waals surface area contributed by atoms with Gasteiger partial charge in [0.05, 0.1) is 11.3 Å². The van der Waals surface area contributed by atoms with E-state index in [2.05, 4.69) is 6.92 Å². The van der Waals surface area contributed by atoms with Gasteiger partial charge in [0.1, 0.15) is 11.5 Å². The minimum Gasteiger partial charge on any atom is -0.366 e. The van der Waals surface area contributed by atoms with Crippen molar-refractivity contribution in [1.29, 1.82) is 0 Å². The Morgan fingerprint density at radius 3 is 2.28 bits per heavy atom. The maximum absolute atomic E-state index is 14.5. The molecule has 1 saturated heterocycles. The molecule has 0 saturated carbocycles. The third-order valence-corrected chi connectivity index (χ3v) is 6.05. The van der Waals surface area contributed by atoms with Crippen LogP contribution in [0.4, 0.5) is 10.1 Å². The summed E-state index contributed by atoms with van der Waals surface area (Å²) >= 11 is 0. The van der Waals surface area contributed by atoms with Crippen LogP contribution in [-0.2, 0) is 9.59 Å². The van der Waals surface area contributed by atoms with E-state index in [0.29, 0.717) is 22.8 Å². The number of benzene rings is 2. The number of imide groups is 1. The summed E-state index contributed by atoms with van der Waals surface area (Å²) in [5, 5.41) is 0. The molecule has 0 spiro atoms. The van der Waals surface area contributed by atoms with Gasteiger partial charge in [-0.25, -0.2) is 9.29 Å². The van der Waals surface area contributed by atoms with E-state index < -0.39 is 17.6 Å². The van der Waals surface area contributed by atoms with Crippen LogP contribution in [0.2, 0.25) is 0 Å². The number of nitrogens with zero attached hydrogens (tertiary/aromatic N) is 2. The Hall–Kier alpha value is -2.95. The quantitative estimate of drug-likeness (QED) is 0.724. The third kappa shape index (κ3) is 3.35. The molecular weight excluding hydrogens is 367 g/mol. The van der Waals surface area contributed by atoms with Gasteiger partial charge in [-0.15, -0.1) is 0 Å². The number of para-hydroxylation sites is 1. The first-order chi connectivity index (χ1) is 13.9. The number of rotatable bonds is 3. The molecule has 0 radical (unpaired) electrons. The first-order valence-electron chi connectivity index (χ1n) is 10.1. The summed E-state index contributed by atoms with van der Waals surface area (Å²) in [5.74, 6) is -0.895. The standard InChI is InChI=1S/C24H25FN2O2/c1-15-10-12-26(13-11-15)22-21(18-9-8-16(2)17(3)14-18)23(28)27(24(22)29)20-7-5-4-6-19(20)25/h4-9,14-15H,10-13H2,1-3H3. The molecule has 2 aliphatic rings. The largest absolute Gasteiger partial charge is 0.366 e. The topological polar surface area (TPSA) is 40.6 Å². The lowest BCUT2D eigenvalue weighted by molar-refractivity contribution is -0.120. The average molecular weight is 392 g/mol. The molecule has 2 heterocycles. The highest BCUT2D eigenvalue weighted by molar-refractivity contribution is 6.45. The minimum atomic E-state index is -0.581. The first-order valence-corrected chi connectivity index (χ1v) is 10.1. The molecule has 2 aromatic carbocycles. The molecule has 0 aromatic heterocycles. The number of likely N-dealkylation sites (tertiary alicyclic amines) is 1. The fraction of sp³-hybridized carbons (Fsp3) is 0.333. The molecule has 29 heavy (non-hydrogen) atoms. The number of amides is 2. The summed E-state index contributed by atoms with van der Waals surface area (Å²) < 4.78 is 14.5. The van der Waals surface area contributed by atoms with Crippen molar-refractivity contribution < 1.29 is 14.0 Å². The monoisotopic (exact) mass is 392 g/mol. The smallest absolute Gasteiger partial charge is 0.282 e. The maximum atomic E-state index is 14.5. The van der Waals surface area contributed by atoms with E-state index in [1.807, 2.05) is 36.9 Å². The van der Waals surface area contributed by atoms with Gasteiger partial charge in [-0.05, 0) is 61.4 Å². The van der Waals surface area contributed by atoms with Crippen LogP contribution in [0.25, 0.3) is 5.57 Å². The fourth-order valence-corrected chi connectivity index (χ4v) is 4.05. The number of hydrogen-bond acceptors (Lipinski definition) is 3. The lowest BCUT2D eigenvalue weighted by atomic mass is 9.96. The summed E-state index contributed by atoms with van der Waals surface area (Å²) in [7, 11) is 0. The second-order valence-corrected chi connectivity index (χ2v) is 8.09. The van der Waals surface area contributed by atoms with Crippen LogP contribution in [0.5, 0.6) is 0 Å². The van der Waals surface area contributed by atoms with Gasteiger partial charge in [-0.3, -0.25) is 9.59 Å². The van der Waals surface area contributed by atoms with Crippen LogP contribution >= 0.6 is 0 Å². The Balaban J connectivity index is 1.85. The van der Waals surface area contributed by atoms with Crippen molar-refractivity contribution in [3.05, 3.63) is 70.7 Å². The van der Waals surface area contributed by atoms with E-state index >= 15 is 0 Å². The van der Waals surface area contributed by atoms with Gasteiger partial charge in [0.2, 0.25) is 0 Å². The number of carbonyl (C=O) groups is 2. The molecule has 5 heteroatoms. The minimum absolute atomic E-state index is 0.00390. The summed E-state index contributed by atoms with van der Waals surface area (Å²) in [5.41, 5.74) is 3.64. The number of anilines is 1. The Kier molecular flexibility index (Phi) is 4.99. The number of carbonyl (C=O) groups excluding carboxylic acids is 2. The summed E-state index contributed by atoms with van der Waals surface area (Å²) in [4.78, 5) is 29.9. The molecule has 2 amide bonds. The molecule has 150 valence electrons. The maximum Gasteiger partial charge on any atom is 0.282 e. The van der Waals surface area contributed by atoms with Gasteiger partial charge in [0, 0.05) is 13.1 Å². The Morgan fingerprint density at radius 2 is 1.62 bits per heavy atom. The summed E-state index contributed by atoms with van der Waals surface area (Å²) in [6.45, 7) is 7.62. The van der Waals surface area contributed by atoms with Gasteiger partial charge in [0.15, 0.2) is 0 Å². The average Bonchev–Trinajstić information content (AvgIpc) is 2.96. The molecular formula is C24H25FN2O2. The van der Waals surface area contributed by atoms with Gasteiger partial charge in [-0.1, -0.05) is 37.3 Å². The molecule has 2 aromatic rings. The van der Waals surface area contributed by atoms with E-state index in [0.717, 1.165) is 42.0 Å². The van der Waals surface area contributed by atoms with E-state index in [1.165, 1.54) is 12.1 Å². The predicted octanol–water partition coefficient (Wildman–Crippen LogP) is 4.46. The number of hydrogen-bond donors (Lipinski definition) is 0. The van der Waals surface area contributed by atoms with E-state index in [9.17, 15) is 14.0 Å². The van der Waals surface area contributed by atoms with Crippen molar-refractivity contribution in [3.63, 3.8) is 0 Å². The van der Waals surface area contributed by atoms with Gasteiger partial charge < -0.3 is 4.90 Å². The molecule has 1 fully saturated rings. The molecule has 0 atom stereocenters. The molecule has 2 aliphatic heterocycles. The Morgan fingerprint density at radius 1 is 0.931 bits per heavy atom. The van der Waals surface area contributed by atoms with Crippen molar-refractivity contribution in [2.45, 2.75) is 33.6 Å². The van der Waals surface area contributed by atoms with Gasteiger partial charge in [-0.2, -0.15) is 0 Å². The SMILES string of the molecule is Cc1ccc(C2=C(N3CCC(C)CC3)C(=O)N(c3ccccc3F)C2=O)cc1C. The number of piperidine rings is 1. The van der Waals surface area contributed by atoms with E-state index in [4.69, 9.17) is 0 Å². The zero-order chi connectivity index (χ0) is 20.7. The van der Waals surface area contributed by atoms with Crippen LogP contribution in [0.3, 0.4) is 0 Å². The zero-order valence-corrected chi connectivity index (χ0v) is 17.0. The molecule has 0 aliphatic carbocycles. The highest BCUT2D eigenvalue weighted by Gasteiger charge is 2.43. The van der Waals surface area contributed by atoms with Crippen LogP contribution in [-0.4, -0.2) is 29.8 Å². The second kappa shape index (κ2) is 7.47. The zero-order valence-electron chi connectivity index (χ0n) is 17.0. The van der Waals surface area contributed by atoms with Crippen LogP contribution in [0, 0.1) is 25.6 Å². The summed E-state index contributed by atoms with van der Waals surface area (Å²) in [6.07, 6.45) is 1.93. The summed E-state index contributed by atoms with van der Waals surface area (Å²) in [6, 6.07) is 11.7. The van der Waals surface area contributed by atoms with E-state index in [-0.39, 0.29) is 5.69 Å². The van der Waals surface area contributed by atoms with Gasteiger partial charge >= 0.3 is 0 Å².